The standard InChI is InChI=1S/C21H15ClN6/c1-13-20(26-27-28(13)16-9-5-8-15(22)10-16)19-11-17(14-6-3-2-4-7-14)18(12-23)21(24)25-19/h2-11H,1H3,(H2,24,25). The van der Waals surface area contributed by atoms with Crippen LogP contribution >= 0.6 is 11.6 Å². The molecule has 0 fully saturated rings. The summed E-state index contributed by atoms with van der Waals surface area (Å²) in [6.07, 6.45) is 0. The van der Waals surface area contributed by atoms with Gasteiger partial charge in [0.2, 0.25) is 0 Å². The molecule has 28 heavy (non-hydrogen) atoms. The minimum atomic E-state index is 0.163. The lowest BCUT2D eigenvalue weighted by molar-refractivity contribution is 0.785. The lowest BCUT2D eigenvalue weighted by Crippen LogP contribution is -2.01. The molecule has 2 aromatic heterocycles. The molecule has 0 spiro atoms. The van der Waals surface area contributed by atoms with Gasteiger partial charge in [0.15, 0.2) is 0 Å². The van der Waals surface area contributed by atoms with E-state index < -0.39 is 0 Å². The fourth-order valence-corrected chi connectivity index (χ4v) is 3.25. The summed E-state index contributed by atoms with van der Waals surface area (Å²) in [5.74, 6) is 0.163. The predicted octanol–water partition coefficient (Wildman–Crippen LogP) is 4.41. The van der Waals surface area contributed by atoms with Crippen molar-refractivity contribution in [2.24, 2.45) is 0 Å². The minimum Gasteiger partial charge on any atom is -0.383 e. The average molecular weight is 387 g/mol. The molecular formula is C21H15ClN6. The van der Waals surface area contributed by atoms with Gasteiger partial charge in [0, 0.05) is 10.6 Å². The van der Waals surface area contributed by atoms with Crippen LogP contribution in [0.2, 0.25) is 5.02 Å². The Balaban J connectivity index is 1.87. The van der Waals surface area contributed by atoms with Crippen molar-refractivity contribution in [2.45, 2.75) is 6.92 Å². The highest BCUT2D eigenvalue weighted by molar-refractivity contribution is 6.30. The molecule has 0 unspecified atom stereocenters. The number of rotatable bonds is 3. The number of nitrogens with zero attached hydrogens (tertiary/aromatic N) is 5. The maximum absolute atomic E-state index is 9.54. The third kappa shape index (κ3) is 3.08. The van der Waals surface area contributed by atoms with Crippen molar-refractivity contribution in [3.05, 3.63) is 76.9 Å². The Morgan fingerprint density at radius 1 is 1.07 bits per heavy atom. The van der Waals surface area contributed by atoms with E-state index in [0.717, 1.165) is 16.9 Å². The second kappa shape index (κ2) is 7.14. The number of benzene rings is 2. The topological polar surface area (TPSA) is 93.4 Å². The largest absolute Gasteiger partial charge is 0.383 e. The van der Waals surface area contributed by atoms with Gasteiger partial charge in [-0.2, -0.15) is 5.26 Å². The molecule has 0 saturated carbocycles. The van der Waals surface area contributed by atoms with Gasteiger partial charge in [0.1, 0.15) is 23.1 Å². The Morgan fingerprint density at radius 2 is 1.86 bits per heavy atom. The highest BCUT2D eigenvalue weighted by Crippen LogP contribution is 2.31. The Kier molecular flexibility index (Phi) is 4.52. The van der Waals surface area contributed by atoms with Crippen LogP contribution in [-0.4, -0.2) is 20.0 Å². The summed E-state index contributed by atoms with van der Waals surface area (Å²) in [6, 6.07) is 20.9. The van der Waals surface area contributed by atoms with Crippen LogP contribution < -0.4 is 5.73 Å². The van der Waals surface area contributed by atoms with Crippen LogP contribution in [0.4, 0.5) is 5.82 Å². The third-order valence-electron chi connectivity index (χ3n) is 4.43. The smallest absolute Gasteiger partial charge is 0.142 e. The van der Waals surface area contributed by atoms with Crippen LogP contribution in [0.1, 0.15) is 11.3 Å². The summed E-state index contributed by atoms with van der Waals surface area (Å²) in [5.41, 5.74) is 10.8. The van der Waals surface area contributed by atoms with Gasteiger partial charge < -0.3 is 5.73 Å². The molecule has 2 heterocycles. The molecule has 0 saturated heterocycles. The van der Waals surface area contributed by atoms with Gasteiger partial charge in [-0.05, 0) is 36.8 Å². The van der Waals surface area contributed by atoms with E-state index in [2.05, 4.69) is 21.4 Å². The van der Waals surface area contributed by atoms with E-state index in [-0.39, 0.29) is 5.82 Å². The summed E-state index contributed by atoms with van der Waals surface area (Å²) in [6.45, 7) is 1.90. The van der Waals surface area contributed by atoms with E-state index in [0.29, 0.717) is 27.5 Å². The number of nitrogens with two attached hydrogens (primary N) is 1. The molecule has 0 radical (unpaired) electrons. The highest BCUT2D eigenvalue weighted by Gasteiger charge is 2.18. The Labute approximate surface area is 166 Å². The van der Waals surface area contributed by atoms with Gasteiger partial charge in [0.25, 0.3) is 0 Å². The summed E-state index contributed by atoms with van der Waals surface area (Å²) in [5, 5.41) is 18.7. The van der Waals surface area contributed by atoms with Crippen molar-refractivity contribution in [2.75, 3.05) is 5.73 Å². The SMILES string of the molecule is Cc1c(-c2cc(-c3ccccc3)c(C#N)c(N)n2)nnn1-c1cccc(Cl)c1. The van der Waals surface area contributed by atoms with Crippen molar-refractivity contribution in [3.63, 3.8) is 0 Å². The Morgan fingerprint density at radius 3 is 2.57 bits per heavy atom. The first-order valence-corrected chi connectivity index (χ1v) is 8.91. The fraction of sp³-hybridized carbons (Fsp3) is 0.0476. The highest BCUT2D eigenvalue weighted by atomic mass is 35.5. The van der Waals surface area contributed by atoms with Crippen LogP contribution in [0.3, 0.4) is 0 Å². The van der Waals surface area contributed by atoms with Crippen molar-refractivity contribution >= 4 is 17.4 Å². The summed E-state index contributed by atoms with van der Waals surface area (Å²) < 4.78 is 1.69. The van der Waals surface area contributed by atoms with Crippen LogP contribution in [0.15, 0.2) is 60.7 Å². The molecule has 0 aliphatic heterocycles. The number of aromatic nitrogens is 4. The first-order valence-electron chi connectivity index (χ1n) is 8.53. The lowest BCUT2D eigenvalue weighted by Gasteiger charge is -2.09. The maximum atomic E-state index is 9.54. The van der Waals surface area contributed by atoms with E-state index in [1.165, 1.54) is 0 Å². The molecule has 0 bridgehead atoms. The number of halogens is 1. The van der Waals surface area contributed by atoms with Crippen molar-refractivity contribution in [1.29, 1.82) is 5.26 Å². The number of hydrogen-bond donors (Lipinski definition) is 1. The zero-order valence-electron chi connectivity index (χ0n) is 15.0. The van der Waals surface area contributed by atoms with Crippen molar-refractivity contribution in [1.82, 2.24) is 20.0 Å². The third-order valence-corrected chi connectivity index (χ3v) is 4.67. The minimum absolute atomic E-state index is 0.163. The molecule has 0 atom stereocenters. The Bertz CT molecular complexity index is 1210. The monoisotopic (exact) mass is 386 g/mol. The number of nitriles is 1. The average Bonchev–Trinajstić information content (AvgIpc) is 3.09. The van der Waals surface area contributed by atoms with E-state index >= 15 is 0 Å². The molecular weight excluding hydrogens is 372 g/mol. The van der Waals surface area contributed by atoms with Crippen LogP contribution in [0, 0.1) is 18.3 Å². The number of anilines is 1. The fourth-order valence-electron chi connectivity index (χ4n) is 3.07. The maximum Gasteiger partial charge on any atom is 0.142 e. The van der Waals surface area contributed by atoms with Crippen LogP contribution in [0.25, 0.3) is 28.2 Å². The molecule has 2 aromatic carbocycles. The number of hydrogen-bond acceptors (Lipinski definition) is 5. The number of nitrogen functional groups attached to an aromatic ring is 1. The molecule has 2 N–H and O–H groups in total. The second-order valence-electron chi connectivity index (χ2n) is 6.21. The molecule has 6 nitrogen and oxygen atoms in total. The van der Waals surface area contributed by atoms with Gasteiger partial charge in [-0.15, -0.1) is 5.10 Å². The first kappa shape index (κ1) is 17.7. The summed E-state index contributed by atoms with van der Waals surface area (Å²) in [7, 11) is 0. The molecule has 4 aromatic rings. The van der Waals surface area contributed by atoms with Crippen molar-refractivity contribution < 1.29 is 0 Å². The van der Waals surface area contributed by atoms with E-state index in [4.69, 9.17) is 17.3 Å². The van der Waals surface area contributed by atoms with Gasteiger partial charge >= 0.3 is 0 Å². The molecule has 7 heteroatoms. The summed E-state index contributed by atoms with van der Waals surface area (Å²) >= 11 is 6.09. The number of pyridine rings is 1. The second-order valence-corrected chi connectivity index (χ2v) is 6.64. The quantitative estimate of drug-likeness (QED) is 0.562. The van der Waals surface area contributed by atoms with Gasteiger partial charge in [-0.1, -0.05) is 53.2 Å². The van der Waals surface area contributed by atoms with Crippen LogP contribution in [-0.2, 0) is 0 Å². The zero-order valence-corrected chi connectivity index (χ0v) is 15.7. The lowest BCUT2D eigenvalue weighted by atomic mass is 9.99. The molecule has 0 aliphatic rings. The van der Waals surface area contributed by atoms with E-state index in [1.807, 2.05) is 61.5 Å². The van der Waals surface area contributed by atoms with E-state index in [9.17, 15) is 5.26 Å². The molecule has 0 amide bonds. The van der Waals surface area contributed by atoms with E-state index in [1.54, 1.807) is 10.7 Å². The molecule has 0 aliphatic carbocycles. The van der Waals surface area contributed by atoms with Gasteiger partial charge in [0.05, 0.1) is 17.1 Å². The zero-order chi connectivity index (χ0) is 19.7. The van der Waals surface area contributed by atoms with Crippen molar-refractivity contribution in [3.8, 4) is 34.3 Å². The Hall–Kier alpha value is -3.69. The first-order chi connectivity index (χ1) is 13.6. The molecule has 4 rings (SSSR count). The normalized spacial score (nSPS) is 10.6. The summed E-state index contributed by atoms with van der Waals surface area (Å²) in [4.78, 5) is 4.40. The van der Waals surface area contributed by atoms with Gasteiger partial charge in [-0.3, -0.25) is 0 Å². The van der Waals surface area contributed by atoms with Crippen LogP contribution in [0.5, 0.6) is 0 Å². The predicted molar refractivity (Wildman–Crippen MR) is 109 cm³/mol. The van der Waals surface area contributed by atoms with Gasteiger partial charge in [-0.25, -0.2) is 9.67 Å². The molecule has 136 valence electrons.